The third-order valence-corrected chi connectivity index (χ3v) is 6.56. The molecule has 9 nitrogen and oxygen atoms in total. The van der Waals surface area contributed by atoms with Crippen LogP contribution in [0.1, 0.15) is 57.9 Å². The summed E-state index contributed by atoms with van der Waals surface area (Å²) in [5.74, 6) is -1.74. The molecule has 1 aliphatic heterocycles. The van der Waals surface area contributed by atoms with Crippen LogP contribution in [0.3, 0.4) is 0 Å². The van der Waals surface area contributed by atoms with E-state index in [1.807, 2.05) is 25.1 Å². The normalized spacial score (nSPS) is 28.1. The molecule has 0 bridgehead atoms. The number of carbonyl (C=O) groups excluding carboxylic acids is 2. The number of ether oxygens (including phenoxy) is 3. The van der Waals surface area contributed by atoms with E-state index in [0.717, 1.165) is 24.8 Å². The van der Waals surface area contributed by atoms with Crippen molar-refractivity contribution in [3.8, 4) is 5.75 Å². The van der Waals surface area contributed by atoms with Crippen LogP contribution in [-0.2, 0) is 30.5 Å². The number of nitrogens with one attached hydrogen (secondary N) is 1. The molecular weight excluding hydrogens is 440 g/mol. The number of alkyl carbamates (subject to hydrolysis) is 1. The summed E-state index contributed by atoms with van der Waals surface area (Å²) in [5, 5.41) is 2.59. The molecule has 1 saturated carbocycles. The average molecular weight is 477 g/mol. The van der Waals surface area contributed by atoms with Crippen molar-refractivity contribution in [3.05, 3.63) is 42.5 Å². The number of hydrogen-bond acceptors (Lipinski definition) is 7. The van der Waals surface area contributed by atoms with Gasteiger partial charge in [0.05, 0.1) is 7.11 Å². The fourth-order valence-corrected chi connectivity index (χ4v) is 4.63. The summed E-state index contributed by atoms with van der Waals surface area (Å²) >= 11 is 0. The Balaban J connectivity index is 1.57. The Morgan fingerprint density at radius 2 is 2.06 bits per heavy atom. The first-order valence-electron chi connectivity index (χ1n) is 11.8. The average Bonchev–Trinajstić information content (AvgIpc) is 3.13. The summed E-state index contributed by atoms with van der Waals surface area (Å²) in [4.78, 5) is 35.9. The molecular formula is C25H36N2O7. The first-order chi connectivity index (χ1) is 16.2. The second-order valence-electron chi connectivity index (χ2n) is 9.10. The van der Waals surface area contributed by atoms with Crippen LogP contribution in [0.4, 0.5) is 4.79 Å². The quantitative estimate of drug-likeness (QED) is 0.390. The largest absolute Gasteiger partial charge is 0.497 e. The van der Waals surface area contributed by atoms with Gasteiger partial charge in [0.1, 0.15) is 17.9 Å². The molecule has 1 heterocycles. The molecule has 3 rings (SSSR count). The Labute approximate surface area is 200 Å². The van der Waals surface area contributed by atoms with Crippen molar-refractivity contribution in [1.82, 2.24) is 5.32 Å². The maximum atomic E-state index is 12.6. The highest BCUT2D eigenvalue weighted by molar-refractivity contribution is 5.84. The molecule has 1 aromatic rings. The van der Waals surface area contributed by atoms with Gasteiger partial charge in [0.15, 0.2) is 0 Å². The Bertz CT molecular complexity index is 861. The van der Waals surface area contributed by atoms with Gasteiger partial charge in [0, 0.05) is 25.2 Å². The number of methoxy groups -OCH3 is 1. The summed E-state index contributed by atoms with van der Waals surface area (Å²) in [6.45, 7) is 7.75. The van der Waals surface area contributed by atoms with Crippen molar-refractivity contribution in [2.45, 2.75) is 82.5 Å². The van der Waals surface area contributed by atoms with E-state index < -0.39 is 35.7 Å². The SMILES string of the molecule is C=CCC(CC)C1(C)OOC2(CCCC(OC(=O)N[C@@H](Cc3ccc(OC)cc3)C(N)=O)C2)O1. The minimum atomic E-state index is -0.973. The highest BCUT2D eigenvalue weighted by atomic mass is 17.3. The van der Waals surface area contributed by atoms with Gasteiger partial charge in [0.2, 0.25) is 17.5 Å². The van der Waals surface area contributed by atoms with Crippen LogP contribution in [0.15, 0.2) is 36.9 Å². The van der Waals surface area contributed by atoms with E-state index in [1.165, 1.54) is 0 Å². The molecule has 1 aliphatic carbocycles. The summed E-state index contributed by atoms with van der Waals surface area (Å²) in [5.41, 5.74) is 6.34. The number of allylic oxidation sites excluding steroid dienone is 1. The second kappa shape index (κ2) is 11.2. The van der Waals surface area contributed by atoms with E-state index in [2.05, 4.69) is 18.8 Å². The maximum Gasteiger partial charge on any atom is 0.408 e. The number of amides is 2. The number of primary amides is 1. The molecule has 188 valence electrons. The Morgan fingerprint density at radius 1 is 1.32 bits per heavy atom. The second-order valence-corrected chi connectivity index (χ2v) is 9.10. The highest BCUT2D eigenvalue weighted by Crippen LogP contribution is 2.47. The standard InChI is InChI=1S/C25H36N2O7/c1-5-8-18(6-2)24(3)32-25(34-33-24)14-7-9-20(16-25)31-23(29)27-21(22(26)28)15-17-10-12-19(30-4)13-11-17/h5,10-13,18,20-21H,1,6-9,14-16H2,2-4H3,(H2,26,28)(H,27,29)/t18?,20?,21-,24?,25?/m0/s1. The van der Waals surface area contributed by atoms with Gasteiger partial charge in [-0.3, -0.25) is 4.79 Å². The lowest BCUT2D eigenvalue weighted by Gasteiger charge is -2.36. The van der Waals surface area contributed by atoms with Crippen LogP contribution in [0.25, 0.3) is 0 Å². The van der Waals surface area contributed by atoms with Crippen LogP contribution in [0.2, 0.25) is 0 Å². The Hall–Kier alpha value is -2.62. The van der Waals surface area contributed by atoms with Gasteiger partial charge < -0.3 is 25.3 Å². The van der Waals surface area contributed by atoms with Crippen LogP contribution in [-0.4, -0.2) is 42.8 Å². The number of carbonyl (C=O) groups is 2. The molecule has 2 aliphatic rings. The summed E-state index contributed by atoms with van der Waals surface area (Å²) in [7, 11) is 1.58. The van der Waals surface area contributed by atoms with Crippen molar-refractivity contribution in [2.24, 2.45) is 11.7 Å². The maximum absolute atomic E-state index is 12.6. The van der Waals surface area contributed by atoms with E-state index in [9.17, 15) is 9.59 Å². The van der Waals surface area contributed by atoms with E-state index in [1.54, 1.807) is 19.2 Å². The van der Waals surface area contributed by atoms with Gasteiger partial charge in [-0.2, -0.15) is 9.78 Å². The zero-order valence-electron chi connectivity index (χ0n) is 20.2. The molecule has 3 N–H and O–H groups in total. The number of hydrogen-bond donors (Lipinski definition) is 2. The van der Waals surface area contributed by atoms with Gasteiger partial charge >= 0.3 is 6.09 Å². The minimum absolute atomic E-state index is 0.0863. The van der Waals surface area contributed by atoms with Gasteiger partial charge in [-0.15, -0.1) is 6.58 Å². The van der Waals surface area contributed by atoms with Gasteiger partial charge in [-0.05, 0) is 50.3 Å². The molecule has 9 heteroatoms. The lowest BCUT2D eigenvalue weighted by molar-refractivity contribution is -0.361. The fraction of sp³-hybridized carbons (Fsp3) is 0.600. The minimum Gasteiger partial charge on any atom is -0.497 e. The summed E-state index contributed by atoms with van der Waals surface area (Å²) in [6.07, 6.45) is 4.86. The molecule has 2 amide bonds. The van der Waals surface area contributed by atoms with Crippen molar-refractivity contribution in [3.63, 3.8) is 0 Å². The van der Waals surface area contributed by atoms with Crippen molar-refractivity contribution in [1.29, 1.82) is 0 Å². The molecule has 5 atom stereocenters. The van der Waals surface area contributed by atoms with Gasteiger partial charge in [-0.25, -0.2) is 4.79 Å². The molecule has 1 aromatic carbocycles. The van der Waals surface area contributed by atoms with E-state index >= 15 is 0 Å². The third kappa shape index (κ3) is 6.28. The van der Waals surface area contributed by atoms with Crippen LogP contribution < -0.4 is 15.8 Å². The molecule has 34 heavy (non-hydrogen) atoms. The van der Waals surface area contributed by atoms with Gasteiger partial charge in [-0.1, -0.05) is 25.1 Å². The van der Waals surface area contributed by atoms with E-state index in [4.69, 9.17) is 29.7 Å². The molecule has 1 saturated heterocycles. The van der Waals surface area contributed by atoms with E-state index in [-0.39, 0.29) is 12.3 Å². The van der Waals surface area contributed by atoms with Crippen LogP contribution >= 0.6 is 0 Å². The molecule has 4 unspecified atom stereocenters. The predicted molar refractivity (Wildman–Crippen MR) is 125 cm³/mol. The fourth-order valence-electron chi connectivity index (χ4n) is 4.63. The topological polar surface area (TPSA) is 118 Å². The highest BCUT2D eigenvalue weighted by Gasteiger charge is 2.55. The van der Waals surface area contributed by atoms with E-state index in [0.29, 0.717) is 25.0 Å². The Kier molecular flexibility index (Phi) is 8.57. The predicted octanol–water partition coefficient (Wildman–Crippen LogP) is 3.75. The molecule has 2 fully saturated rings. The summed E-state index contributed by atoms with van der Waals surface area (Å²) < 4.78 is 17.1. The lowest BCUT2D eigenvalue weighted by atomic mass is 9.89. The molecule has 1 spiro atoms. The van der Waals surface area contributed by atoms with Crippen molar-refractivity contribution in [2.75, 3.05) is 7.11 Å². The number of rotatable bonds is 10. The van der Waals surface area contributed by atoms with Crippen LogP contribution in [0.5, 0.6) is 5.75 Å². The van der Waals surface area contributed by atoms with Crippen LogP contribution in [0, 0.1) is 5.92 Å². The smallest absolute Gasteiger partial charge is 0.408 e. The van der Waals surface area contributed by atoms with Crippen molar-refractivity contribution >= 4 is 12.0 Å². The molecule has 0 radical (unpaired) electrons. The third-order valence-electron chi connectivity index (χ3n) is 6.56. The van der Waals surface area contributed by atoms with Crippen molar-refractivity contribution < 1.29 is 33.6 Å². The zero-order chi connectivity index (χ0) is 24.8. The zero-order valence-corrected chi connectivity index (χ0v) is 20.2. The lowest BCUT2D eigenvalue weighted by Crippen LogP contribution is -2.48. The Morgan fingerprint density at radius 3 is 2.68 bits per heavy atom. The molecule has 0 aromatic heterocycles. The number of nitrogens with two attached hydrogens (primary N) is 1. The number of benzene rings is 1. The monoisotopic (exact) mass is 476 g/mol. The first kappa shape index (κ1) is 26.0. The first-order valence-corrected chi connectivity index (χ1v) is 11.8. The van der Waals surface area contributed by atoms with Gasteiger partial charge in [0.25, 0.3) is 0 Å². The summed E-state index contributed by atoms with van der Waals surface area (Å²) in [6, 6.07) is 6.28.